The summed E-state index contributed by atoms with van der Waals surface area (Å²) in [6.07, 6.45) is 0.634. The van der Waals surface area contributed by atoms with Gasteiger partial charge < -0.3 is 14.9 Å². The Bertz CT molecular complexity index is 378. The van der Waals surface area contributed by atoms with E-state index in [1.807, 2.05) is 6.92 Å². The van der Waals surface area contributed by atoms with E-state index < -0.39 is 5.97 Å². The molecule has 0 bridgehead atoms. The van der Waals surface area contributed by atoms with Crippen molar-refractivity contribution >= 4 is 5.97 Å². The minimum Gasteiger partial charge on any atom is -0.476 e. The highest BCUT2D eigenvalue weighted by molar-refractivity contribution is 5.86. The van der Waals surface area contributed by atoms with Crippen molar-refractivity contribution in [2.75, 3.05) is 13.7 Å². The summed E-state index contributed by atoms with van der Waals surface area (Å²) in [4.78, 5) is 10.9. The van der Waals surface area contributed by atoms with Gasteiger partial charge in [-0.25, -0.2) is 9.48 Å². The Morgan fingerprint density at radius 2 is 2.29 bits per heavy atom. The number of aromatic nitrogens is 3. The fourth-order valence-electron chi connectivity index (χ4n) is 1.53. The average Bonchev–Trinajstić information content (AvgIpc) is 2.63. The first-order valence-corrected chi connectivity index (χ1v) is 5.35. The molecule has 1 aromatic heterocycles. The van der Waals surface area contributed by atoms with Crippen LogP contribution in [0.3, 0.4) is 0 Å². The number of methoxy groups -OCH3 is 1. The largest absolute Gasteiger partial charge is 0.476 e. The molecule has 1 atom stereocenters. The molecule has 1 heterocycles. The Hall–Kier alpha value is -1.47. The predicted molar refractivity (Wildman–Crippen MR) is 58.6 cm³/mol. The molecule has 0 aliphatic carbocycles. The molecule has 2 N–H and O–H groups in total. The molecule has 7 heteroatoms. The summed E-state index contributed by atoms with van der Waals surface area (Å²) in [5.74, 6) is -0.919. The van der Waals surface area contributed by atoms with Crippen molar-refractivity contribution in [2.45, 2.75) is 26.5 Å². The van der Waals surface area contributed by atoms with Crippen molar-refractivity contribution in [3.05, 3.63) is 11.4 Å². The number of ether oxygens (including phenoxy) is 1. The van der Waals surface area contributed by atoms with Gasteiger partial charge in [0.1, 0.15) is 0 Å². The molecular weight excluding hydrogens is 226 g/mol. The number of hydrogen-bond donors (Lipinski definition) is 2. The van der Waals surface area contributed by atoms with E-state index in [4.69, 9.17) is 14.9 Å². The van der Waals surface area contributed by atoms with Gasteiger partial charge in [-0.3, -0.25) is 0 Å². The summed E-state index contributed by atoms with van der Waals surface area (Å²) in [7, 11) is 1.49. The van der Waals surface area contributed by atoms with Crippen molar-refractivity contribution in [1.29, 1.82) is 0 Å². The summed E-state index contributed by atoms with van der Waals surface area (Å²) in [5, 5.41) is 25.2. The number of aliphatic hydroxyl groups excluding tert-OH is 1. The molecule has 0 spiro atoms. The first-order valence-electron chi connectivity index (χ1n) is 5.35. The molecule has 0 amide bonds. The molecule has 1 rings (SSSR count). The maximum Gasteiger partial charge on any atom is 0.358 e. The van der Waals surface area contributed by atoms with E-state index in [0.717, 1.165) is 0 Å². The molecule has 96 valence electrons. The highest BCUT2D eigenvalue weighted by Gasteiger charge is 2.19. The first-order chi connectivity index (χ1) is 8.10. The lowest BCUT2D eigenvalue weighted by Gasteiger charge is -2.11. The number of aliphatic hydroxyl groups is 1. The Morgan fingerprint density at radius 1 is 1.59 bits per heavy atom. The zero-order valence-corrected chi connectivity index (χ0v) is 9.96. The molecule has 1 unspecified atom stereocenters. The molecule has 0 aliphatic rings. The molecule has 0 aromatic carbocycles. The summed E-state index contributed by atoms with van der Waals surface area (Å²) < 4.78 is 6.47. The van der Waals surface area contributed by atoms with Crippen LogP contribution < -0.4 is 0 Å². The van der Waals surface area contributed by atoms with Crippen LogP contribution in [-0.2, 0) is 17.9 Å². The standard InChI is InChI=1S/C10H17N3O4/c1-7(3-4-14)5-13-8(6-17-2)9(10(15)16)11-12-13/h7,14H,3-6H2,1-2H3,(H,15,16). The number of aromatic carboxylic acids is 1. The lowest BCUT2D eigenvalue weighted by Crippen LogP contribution is -2.15. The second-order valence-electron chi connectivity index (χ2n) is 3.92. The van der Waals surface area contributed by atoms with Crippen LogP contribution in [0.4, 0.5) is 0 Å². The van der Waals surface area contributed by atoms with Crippen LogP contribution in [0.1, 0.15) is 29.5 Å². The fraction of sp³-hybridized carbons (Fsp3) is 0.700. The minimum absolute atomic E-state index is 0.0805. The van der Waals surface area contributed by atoms with Crippen LogP contribution in [0.5, 0.6) is 0 Å². The molecule has 0 saturated carbocycles. The normalized spacial score (nSPS) is 12.6. The topological polar surface area (TPSA) is 97.5 Å². The van der Waals surface area contributed by atoms with Gasteiger partial charge in [-0.05, 0) is 12.3 Å². The zero-order chi connectivity index (χ0) is 12.8. The molecule has 7 nitrogen and oxygen atoms in total. The van der Waals surface area contributed by atoms with Gasteiger partial charge in [0.15, 0.2) is 5.69 Å². The number of hydrogen-bond acceptors (Lipinski definition) is 5. The van der Waals surface area contributed by atoms with Gasteiger partial charge in [0, 0.05) is 20.3 Å². The van der Waals surface area contributed by atoms with E-state index in [9.17, 15) is 4.79 Å². The molecular formula is C10H17N3O4. The van der Waals surface area contributed by atoms with Crippen LogP contribution in [0.2, 0.25) is 0 Å². The van der Waals surface area contributed by atoms with Gasteiger partial charge in [0.05, 0.1) is 12.3 Å². The van der Waals surface area contributed by atoms with Crippen molar-refractivity contribution in [2.24, 2.45) is 5.92 Å². The van der Waals surface area contributed by atoms with E-state index in [2.05, 4.69) is 10.3 Å². The minimum atomic E-state index is -1.11. The Morgan fingerprint density at radius 3 is 2.82 bits per heavy atom. The van der Waals surface area contributed by atoms with Crippen LogP contribution in [-0.4, -0.2) is 44.9 Å². The number of carboxylic acids is 1. The van der Waals surface area contributed by atoms with Gasteiger partial charge in [0.25, 0.3) is 0 Å². The molecule has 0 radical (unpaired) electrons. The fourth-order valence-corrected chi connectivity index (χ4v) is 1.53. The second-order valence-corrected chi connectivity index (χ2v) is 3.92. The lowest BCUT2D eigenvalue weighted by atomic mass is 10.1. The Labute approximate surface area is 99.0 Å². The van der Waals surface area contributed by atoms with Crippen LogP contribution in [0.25, 0.3) is 0 Å². The smallest absolute Gasteiger partial charge is 0.358 e. The number of rotatable bonds is 7. The lowest BCUT2D eigenvalue weighted by molar-refractivity contribution is 0.0684. The number of carbonyl (C=O) groups is 1. The van der Waals surface area contributed by atoms with Crippen molar-refractivity contribution in [3.63, 3.8) is 0 Å². The average molecular weight is 243 g/mol. The third-order valence-corrected chi connectivity index (χ3v) is 2.43. The maximum atomic E-state index is 10.9. The van der Waals surface area contributed by atoms with Gasteiger partial charge in [0.2, 0.25) is 0 Å². The summed E-state index contributed by atoms with van der Waals surface area (Å²) >= 11 is 0. The monoisotopic (exact) mass is 243 g/mol. The van der Waals surface area contributed by atoms with Gasteiger partial charge in [-0.2, -0.15) is 0 Å². The molecule has 1 aromatic rings. The highest BCUT2D eigenvalue weighted by atomic mass is 16.5. The van der Waals surface area contributed by atoms with Crippen LogP contribution in [0, 0.1) is 5.92 Å². The summed E-state index contributed by atoms with van der Waals surface area (Å²) in [6, 6.07) is 0. The molecule has 0 fully saturated rings. The van der Waals surface area contributed by atoms with Crippen LogP contribution in [0.15, 0.2) is 0 Å². The van der Waals surface area contributed by atoms with Crippen molar-refractivity contribution < 1.29 is 19.7 Å². The zero-order valence-electron chi connectivity index (χ0n) is 9.96. The van der Waals surface area contributed by atoms with Crippen molar-refractivity contribution in [1.82, 2.24) is 15.0 Å². The van der Waals surface area contributed by atoms with Crippen molar-refractivity contribution in [3.8, 4) is 0 Å². The van der Waals surface area contributed by atoms with E-state index in [1.165, 1.54) is 11.8 Å². The summed E-state index contributed by atoms with van der Waals surface area (Å²) in [5.41, 5.74) is 0.368. The number of carboxylic acid groups (broad SMARTS) is 1. The molecule has 0 saturated heterocycles. The SMILES string of the molecule is COCc1c(C(=O)O)nnn1CC(C)CCO. The Balaban J connectivity index is 2.87. The van der Waals surface area contributed by atoms with E-state index >= 15 is 0 Å². The van der Waals surface area contributed by atoms with Gasteiger partial charge in [-0.15, -0.1) is 5.10 Å². The molecule has 0 aliphatic heterocycles. The number of nitrogens with zero attached hydrogens (tertiary/aromatic N) is 3. The quantitative estimate of drug-likeness (QED) is 0.707. The van der Waals surface area contributed by atoms with E-state index in [1.54, 1.807) is 0 Å². The van der Waals surface area contributed by atoms with Crippen LogP contribution >= 0.6 is 0 Å². The van der Waals surface area contributed by atoms with E-state index in [-0.39, 0.29) is 24.8 Å². The van der Waals surface area contributed by atoms with E-state index in [0.29, 0.717) is 18.7 Å². The predicted octanol–water partition coefficient (Wildman–Crippen LogP) is 0.141. The highest BCUT2D eigenvalue weighted by Crippen LogP contribution is 2.11. The first kappa shape index (κ1) is 13.6. The van der Waals surface area contributed by atoms with Gasteiger partial charge in [-0.1, -0.05) is 12.1 Å². The second kappa shape index (κ2) is 6.31. The Kier molecular flexibility index (Phi) is 5.05. The third kappa shape index (κ3) is 3.50. The molecule has 17 heavy (non-hydrogen) atoms. The summed E-state index contributed by atoms with van der Waals surface area (Å²) in [6.45, 7) is 2.72. The third-order valence-electron chi connectivity index (χ3n) is 2.43. The van der Waals surface area contributed by atoms with Gasteiger partial charge >= 0.3 is 5.97 Å². The maximum absolute atomic E-state index is 10.9.